The summed E-state index contributed by atoms with van der Waals surface area (Å²) in [4.78, 5) is 21.9. The number of carbonyl (C=O) groups is 1. The van der Waals surface area contributed by atoms with Crippen LogP contribution in [0.5, 0.6) is 11.6 Å². The van der Waals surface area contributed by atoms with Gasteiger partial charge in [0.15, 0.2) is 6.29 Å². The van der Waals surface area contributed by atoms with Crippen LogP contribution in [0, 0.1) is 6.92 Å². The lowest BCUT2D eigenvalue weighted by Crippen LogP contribution is -2.08. The molecule has 0 aliphatic carbocycles. The van der Waals surface area contributed by atoms with Crippen molar-refractivity contribution < 1.29 is 13.9 Å². The van der Waals surface area contributed by atoms with E-state index in [1.165, 1.54) is 0 Å². The number of furan rings is 1. The minimum absolute atomic E-state index is 0.393. The minimum atomic E-state index is 0.393. The number of rotatable bonds is 6. The second-order valence-electron chi connectivity index (χ2n) is 6.74. The van der Waals surface area contributed by atoms with E-state index in [-0.39, 0.29) is 0 Å². The summed E-state index contributed by atoms with van der Waals surface area (Å²) in [5.41, 5.74) is 3.09. The number of aromatic nitrogens is 2. The second kappa shape index (κ2) is 7.63. The van der Waals surface area contributed by atoms with E-state index in [4.69, 9.17) is 9.15 Å². The van der Waals surface area contributed by atoms with Crippen molar-refractivity contribution in [3.63, 3.8) is 0 Å². The molecule has 0 unspecified atom stereocenters. The Balaban J connectivity index is 1.55. The third kappa shape index (κ3) is 3.89. The molecule has 2 aromatic heterocycles. The standard InChI is InChI=1S/C22H20N4O3/c1-14-19(13-27)18-8-7-17(12-20(18)28-14)29-21-9-10-23-22(25-21)24-15-5-4-6-16(11-15)26(2)3/h4-13H,1-3H3,(H,23,24,25). The van der Waals surface area contributed by atoms with Crippen molar-refractivity contribution in [1.82, 2.24) is 9.97 Å². The van der Waals surface area contributed by atoms with Crippen LogP contribution in [-0.2, 0) is 0 Å². The highest BCUT2D eigenvalue weighted by Gasteiger charge is 2.12. The van der Waals surface area contributed by atoms with Gasteiger partial charge in [-0.25, -0.2) is 4.98 Å². The van der Waals surface area contributed by atoms with E-state index in [9.17, 15) is 4.79 Å². The summed E-state index contributed by atoms with van der Waals surface area (Å²) >= 11 is 0. The molecule has 2 heterocycles. The Kier molecular flexibility index (Phi) is 4.87. The highest BCUT2D eigenvalue weighted by Crippen LogP contribution is 2.30. The fourth-order valence-corrected chi connectivity index (χ4v) is 3.00. The van der Waals surface area contributed by atoms with E-state index in [0.717, 1.165) is 23.0 Å². The summed E-state index contributed by atoms with van der Waals surface area (Å²) in [6.07, 6.45) is 2.43. The lowest BCUT2D eigenvalue weighted by molar-refractivity contribution is 0.112. The average molecular weight is 388 g/mol. The van der Waals surface area contributed by atoms with E-state index in [1.54, 1.807) is 37.4 Å². The Morgan fingerprint density at radius 3 is 2.79 bits per heavy atom. The van der Waals surface area contributed by atoms with E-state index in [2.05, 4.69) is 15.3 Å². The number of fused-ring (bicyclic) bond motifs is 1. The van der Waals surface area contributed by atoms with Gasteiger partial charge >= 0.3 is 0 Å². The number of carbonyl (C=O) groups excluding carboxylic acids is 1. The van der Waals surface area contributed by atoms with E-state index >= 15 is 0 Å². The predicted octanol–water partition coefficient (Wildman–Crippen LogP) is 4.95. The SMILES string of the molecule is Cc1oc2cc(Oc3ccnc(Nc4cccc(N(C)C)c4)n3)ccc2c1C=O. The van der Waals surface area contributed by atoms with Crippen LogP contribution in [0.15, 0.2) is 59.1 Å². The van der Waals surface area contributed by atoms with Gasteiger partial charge in [0.1, 0.15) is 17.1 Å². The fourth-order valence-electron chi connectivity index (χ4n) is 3.00. The molecule has 4 aromatic rings. The maximum Gasteiger partial charge on any atom is 0.230 e. The Bertz CT molecular complexity index is 1180. The van der Waals surface area contributed by atoms with Crippen LogP contribution in [-0.4, -0.2) is 30.3 Å². The first-order chi connectivity index (χ1) is 14.0. The number of benzene rings is 2. The summed E-state index contributed by atoms with van der Waals surface area (Å²) in [5.74, 6) is 1.96. The van der Waals surface area contributed by atoms with Crippen LogP contribution < -0.4 is 15.0 Å². The molecule has 0 spiro atoms. The Hall–Kier alpha value is -3.87. The van der Waals surface area contributed by atoms with Crippen LogP contribution in [0.3, 0.4) is 0 Å². The van der Waals surface area contributed by atoms with Gasteiger partial charge in [-0.05, 0) is 37.3 Å². The van der Waals surface area contributed by atoms with Crippen LogP contribution in [0.25, 0.3) is 11.0 Å². The summed E-state index contributed by atoms with van der Waals surface area (Å²) in [6, 6.07) is 14.9. The lowest BCUT2D eigenvalue weighted by Gasteiger charge is -2.14. The van der Waals surface area contributed by atoms with Crippen molar-refractivity contribution in [3.05, 3.63) is 66.1 Å². The first-order valence-corrected chi connectivity index (χ1v) is 9.07. The van der Waals surface area contributed by atoms with Gasteiger partial charge in [0.05, 0.1) is 5.56 Å². The number of nitrogens with one attached hydrogen (secondary N) is 1. The maximum absolute atomic E-state index is 11.2. The van der Waals surface area contributed by atoms with Gasteiger partial charge in [0.2, 0.25) is 11.8 Å². The van der Waals surface area contributed by atoms with Crippen molar-refractivity contribution in [1.29, 1.82) is 0 Å². The average Bonchev–Trinajstić information content (AvgIpc) is 3.02. The van der Waals surface area contributed by atoms with Crippen LogP contribution in [0.1, 0.15) is 16.1 Å². The molecule has 29 heavy (non-hydrogen) atoms. The molecule has 1 N–H and O–H groups in total. The normalized spacial score (nSPS) is 10.7. The molecule has 7 heteroatoms. The second-order valence-corrected chi connectivity index (χ2v) is 6.74. The van der Waals surface area contributed by atoms with Crippen molar-refractivity contribution in [2.75, 3.05) is 24.3 Å². The molecule has 0 aliphatic heterocycles. The molecule has 0 saturated heterocycles. The molecule has 146 valence electrons. The molecular formula is C22H20N4O3. The highest BCUT2D eigenvalue weighted by atomic mass is 16.5. The molecule has 0 aliphatic rings. The Morgan fingerprint density at radius 2 is 2.00 bits per heavy atom. The fraction of sp³-hybridized carbons (Fsp3) is 0.136. The number of anilines is 3. The number of aldehydes is 1. The van der Waals surface area contributed by atoms with Gasteiger partial charge in [0, 0.05) is 49.2 Å². The highest BCUT2D eigenvalue weighted by molar-refractivity contribution is 5.97. The summed E-state index contributed by atoms with van der Waals surface area (Å²) in [7, 11) is 3.97. The van der Waals surface area contributed by atoms with E-state index < -0.39 is 0 Å². The zero-order valence-electron chi connectivity index (χ0n) is 16.3. The maximum atomic E-state index is 11.2. The molecule has 4 rings (SSSR count). The van der Waals surface area contributed by atoms with Gasteiger partial charge in [-0.3, -0.25) is 4.79 Å². The van der Waals surface area contributed by atoms with Crippen molar-refractivity contribution in [3.8, 4) is 11.6 Å². The quantitative estimate of drug-likeness (QED) is 0.468. The molecule has 2 aromatic carbocycles. The molecule has 0 bridgehead atoms. The van der Waals surface area contributed by atoms with Gasteiger partial charge in [-0.1, -0.05) is 6.07 Å². The molecule has 7 nitrogen and oxygen atoms in total. The summed E-state index contributed by atoms with van der Waals surface area (Å²) < 4.78 is 11.5. The number of ether oxygens (including phenoxy) is 1. The Labute approximate surface area is 168 Å². The zero-order chi connectivity index (χ0) is 20.4. The summed E-state index contributed by atoms with van der Waals surface area (Å²) in [5, 5.41) is 3.95. The third-order valence-corrected chi connectivity index (χ3v) is 4.47. The van der Waals surface area contributed by atoms with Gasteiger partial charge < -0.3 is 19.4 Å². The van der Waals surface area contributed by atoms with Crippen molar-refractivity contribution in [2.45, 2.75) is 6.92 Å². The number of aryl methyl sites for hydroxylation is 1. The van der Waals surface area contributed by atoms with E-state index in [1.807, 2.05) is 43.3 Å². The Morgan fingerprint density at radius 1 is 1.14 bits per heavy atom. The van der Waals surface area contributed by atoms with Crippen LogP contribution in [0.2, 0.25) is 0 Å². The molecule has 0 fully saturated rings. The molecular weight excluding hydrogens is 368 g/mol. The molecule has 0 amide bonds. The number of nitrogens with zero attached hydrogens (tertiary/aromatic N) is 3. The molecule has 0 saturated carbocycles. The van der Waals surface area contributed by atoms with Crippen molar-refractivity contribution >= 4 is 34.6 Å². The first kappa shape index (κ1) is 18.5. The molecule has 0 atom stereocenters. The summed E-state index contributed by atoms with van der Waals surface area (Å²) in [6.45, 7) is 1.76. The third-order valence-electron chi connectivity index (χ3n) is 4.47. The largest absolute Gasteiger partial charge is 0.460 e. The predicted molar refractivity (Wildman–Crippen MR) is 112 cm³/mol. The topological polar surface area (TPSA) is 80.5 Å². The monoisotopic (exact) mass is 388 g/mol. The number of hydrogen-bond donors (Lipinski definition) is 1. The van der Waals surface area contributed by atoms with Gasteiger partial charge in [0.25, 0.3) is 0 Å². The minimum Gasteiger partial charge on any atom is -0.460 e. The smallest absolute Gasteiger partial charge is 0.230 e. The number of hydrogen-bond acceptors (Lipinski definition) is 7. The van der Waals surface area contributed by atoms with Crippen molar-refractivity contribution in [2.24, 2.45) is 0 Å². The van der Waals surface area contributed by atoms with Gasteiger partial charge in [-0.15, -0.1) is 0 Å². The molecule has 0 radical (unpaired) electrons. The first-order valence-electron chi connectivity index (χ1n) is 9.07. The van der Waals surface area contributed by atoms with Gasteiger partial charge in [-0.2, -0.15) is 4.98 Å². The van der Waals surface area contributed by atoms with Crippen LogP contribution in [0.4, 0.5) is 17.3 Å². The van der Waals surface area contributed by atoms with Crippen LogP contribution >= 0.6 is 0 Å². The zero-order valence-corrected chi connectivity index (χ0v) is 16.3. The van der Waals surface area contributed by atoms with E-state index in [0.29, 0.717) is 34.5 Å². The lowest BCUT2D eigenvalue weighted by atomic mass is 10.1.